The second-order valence-corrected chi connectivity index (χ2v) is 6.66. The van der Waals surface area contributed by atoms with Crippen LogP contribution in [-0.2, 0) is 6.54 Å². The molecule has 0 aliphatic heterocycles. The fourth-order valence-electron chi connectivity index (χ4n) is 2.51. The van der Waals surface area contributed by atoms with E-state index in [4.69, 9.17) is 28.6 Å². The van der Waals surface area contributed by atoms with Crippen LogP contribution in [0.4, 0.5) is 10.1 Å². The van der Waals surface area contributed by atoms with Crippen molar-refractivity contribution in [3.05, 3.63) is 82.9 Å². The Kier molecular flexibility index (Phi) is 6.62. The minimum atomic E-state index is -0.356. The molecule has 1 heterocycles. The van der Waals surface area contributed by atoms with Crippen LogP contribution in [0.25, 0.3) is 0 Å². The van der Waals surface area contributed by atoms with Crippen molar-refractivity contribution in [3.63, 3.8) is 0 Å². The summed E-state index contributed by atoms with van der Waals surface area (Å²) >= 11 is 11.3. The maximum absolute atomic E-state index is 13.2. The van der Waals surface area contributed by atoms with Gasteiger partial charge >= 0.3 is 0 Å². The molecule has 0 fully saturated rings. The number of halogens is 2. The summed E-state index contributed by atoms with van der Waals surface area (Å²) in [6, 6.07) is 15.5. The van der Waals surface area contributed by atoms with E-state index in [1.165, 1.54) is 12.1 Å². The monoisotopic (exact) mass is 416 g/mol. The van der Waals surface area contributed by atoms with Gasteiger partial charge in [-0.3, -0.25) is 5.43 Å². The van der Waals surface area contributed by atoms with Crippen LogP contribution in [0.15, 0.2) is 65.9 Å². The second-order valence-electron chi connectivity index (χ2n) is 5.85. The summed E-state index contributed by atoms with van der Waals surface area (Å²) in [5.41, 5.74) is 5.27. The molecule has 2 aromatic carbocycles. The highest BCUT2D eigenvalue weighted by molar-refractivity contribution is 7.80. The van der Waals surface area contributed by atoms with Gasteiger partial charge in [-0.15, -0.1) is 0 Å². The minimum absolute atomic E-state index is 0.356. The molecule has 0 amide bonds. The summed E-state index contributed by atoms with van der Waals surface area (Å²) in [5.74, 6) is 0.412. The van der Waals surface area contributed by atoms with Crippen LogP contribution in [-0.4, -0.2) is 23.0 Å². The number of hydrogen-bond acceptors (Lipinski definition) is 3. The van der Waals surface area contributed by atoms with E-state index in [2.05, 4.69) is 15.8 Å². The lowest BCUT2D eigenvalue weighted by atomic mass is 10.2. The molecule has 144 valence electrons. The van der Waals surface area contributed by atoms with Crippen molar-refractivity contribution in [2.45, 2.75) is 6.54 Å². The number of thiocarbonyl (C=S) groups is 1. The van der Waals surface area contributed by atoms with E-state index in [1.54, 1.807) is 19.4 Å². The zero-order valence-electron chi connectivity index (χ0n) is 15.0. The molecule has 0 bridgehead atoms. The number of benzene rings is 2. The smallest absolute Gasteiger partial charge is 0.191 e. The lowest BCUT2D eigenvalue weighted by molar-refractivity contribution is 0.415. The van der Waals surface area contributed by atoms with Gasteiger partial charge in [0.05, 0.1) is 19.0 Å². The standard InChI is InChI=1S/C20H18ClFN4OS/c1-27-18-8-6-16(7-9-18)24-20(28)25-23-12-17-3-2-10-26(17)13-14-4-5-15(22)11-19(14)21/h2-12H,13H2,1H3,(H2,24,25,28)/b23-12+. The molecule has 0 saturated carbocycles. The fraction of sp³-hybridized carbons (Fsp3) is 0.100. The van der Waals surface area contributed by atoms with E-state index in [0.29, 0.717) is 16.7 Å². The number of hydrazone groups is 1. The van der Waals surface area contributed by atoms with Gasteiger partial charge in [-0.25, -0.2) is 4.39 Å². The van der Waals surface area contributed by atoms with E-state index in [0.717, 1.165) is 22.7 Å². The molecule has 8 heteroatoms. The van der Waals surface area contributed by atoms with Gasteiger partial charge in [-0.05, 0) is 66.3 Å². The third-order valence-corrected chi connectivity index (χ3v) is 4.48. The average Bonchev–Trinajstić information content (AvgIpc) is 3.11. The molecule has 0 atom stereocenters. The average molecular weight is 417 g/mol. The van der Waals surface area contributed by atoms with Crippen molar-refractivity contribution in [2.75, 3.05) is 12.4 Å². The van der Waals surface area contributed by atoms with Gasteiger partial charge in [0, 0.05) is 23.5 Å². The molecule has 5 nitrogen and oxygen atoms in total. The van der Waals surface area contributed by atoms with E-state index < -0.39 is 0 Å². The van der Waals surface area contributed by atoms with Gasteiger partial charge < -0.3 is 14.6 Å². The molecule has 0 aliphatic rings. The molecular weight excluding hydrogens is 399 g/mol. The molecule has 2 N–H and O–H groups in total. The number of rotatable bonds is 6. The van der Waals surface area contributed by atoms with Crippen molar-refractivity contribution < 1.29 is 9.13 Å². The van der Waals surface area contributed by atoms with Crippen molar-refractivity contribution in [1.82, 2.24) is 9.99 Å². The number of methoxy groups -OCH3 is 1. The van der Waals surface area contributed by atoms with E-state index in [9.17, 15) is 4.39 Å². The maximum Gasteiger partial charge on any atom is 0.191 e. The first kappa shape index (κ1) is 19.9. The van der Waals surface area contributed by atoms with E-state index >= 15 is 0 Å². The Labute approximate surface area is 172 Å². The first-order valence-electron chi connectivity index (χ1n) is 8.38. The summed E-state index contributed by atoms with van der Waals surface area (Å²) in [6.45, 7) is 0.502. The van der Waals surface area contributed by atoms with Crippen molar-refractivity contribution >= 4 is 40.8 Å². The molecule has 3 rings (SSSR count). The van der Waals surface area contributed by atoms with Crippen LogP contribution in [0.2, 0.25) is 5.02 Å². The highest BCUT2D eigenvalue weighted by Gasteiger charge is 2.05. The van der Waals surface area contributed by atoms with Crippen LogP contribution < -0.4 is 15.5 Å². The fourth-order valence-corrected chi connectivity index (χ4v) is 2.91. The Morgan fingerprint density at radius 3 is 2.75 bits per heavy atom. The summed E-state index contributed by atoms with van der Waals surface area (Å²) in [7, 11) is 1.61. The molecule has 28 heavy (non-hydrogen) atoms. The van der Waals surface area contributed by atoms with Crippen molar-refractivity contribution in [2.24, 2.45) is 5.10 Å². The number of anilines is 1. The zero-order chi connectivity index (χ0) is 19.9. The number of ether oxygens (including phenoxy) is 1. The maximum atomic E-state index is 13.2. The van der Waals surface area contributed by atoms with Gasteiger partial charge in [-0.2, -0.15) is 5.10 Å². The number of nitrogens with one attached hydrogen (secondary N) is 2. The van der Waals surface area contributed by atoms with E-state index in [1.807, 2.05) is 47.2 Å². The normalized spacial score (nSPS) is 10.8. The summed E-state index contributed by atoms with van der Waals surface area (Å²) in [5, 5.41) is 7.95. The molecule has 0 spiro atoms. The third kappa shape index (κ3) is 5.31. The molecule has 0 aliphatic carbocycles. The molecule has 0 saturated heterocycles. The zero-order valence-corrected chi connectivity index (χ0v) is 16.6. The topological polar surface area (TPSA) is 50.6 Å². The number of aromatic nitrogens is 1. The Bertz CT molecular complexity index is 988. The first-order valence-corrected chi connectivity index (χ1v) is 9.17. The molecule has 1 aromatic heterocycles. The molecule has 0 unspecified atom stereocenters. The van der Waals surface area contributed by atoms with Crippen LogP contribution in [0.1, 0.15) is 11.3 Å². The lowest BCUT2D eigenvalue weighted by Crippen LogP contribution is -2.24. The minimum Gasteiger partial charge on any atom is -0.497 e. The quantitative estimate of drug-likeness (QED) is 0.348. The van der Waals surface area contributed by atoms with Gasteiger partial charge in [0.15, 0.2) is 5.11 Å². The van der Waals surface area contributed by atoms with Crippen LogP contribution in [0.5, 0.6) is 5.75 Å². The van der Waals surface area contributed by atoms with E-state index in [-0.39, 0.29) is 5.82 Å². The Morgan fingerprint density at radius 1 is 1.25 bits per heavy atom. The van der Waals surface area contributed by atoms with Gasteiger partial charge in [0.2, 0.25) is 0 Å². The molecule has 3 aromatic rings. The van der Waals surface area contributed by atoms with Crippen LogP contribution >= 0.6 is 23.8 Å². The first-order chi connectivity index (χ1) is 13.5. The lowest BCUT2D eigenvalue weighted by Gasteiger charge is -2.09. The SMILES string of the molecule is COc1ccc(NC(=S)N/N=C/c2cccn2Cc2ccc(F)cc2Cl)cc1. The third-order valence-electron chi connectivity index (χ3n) is 3.93. The summed E-state index contributed by atoms with van der Waals surface area (Å²) in [6.07, 6.45) is 3.55. The number of nitrogens with zero attached hydrogens (tertiary/aromatic N) is 2. The molecular formula is C20H18ClFN4OS. The highest BCUT2D eigenvalue weighted by Crippen LogP contribution is 2.19. The Hall–Kier alpha value is -2.90. The van der Waals surface area contributed by atoms with Crippen LogP contribution in [0.3, 0.4) is 0 Å². The summed E-state index contributed by atoms with van der Waals surface area (Å²) in [4.78, 5) is 0. The Morgan fingerprint density at radius 2 is 2.04 bits per heavy atom. The molecule has 0 radical (unpaired) electrons. The number of hydrogen-bond donors (Lipinski definition) is 2. The van der Waals surface area contributed by atoms with Gasteiger partial charge in [0.25, 0.3) is 0 Å². The van der Waals surface area contributed by atoms with Gasteiger partial charge in [-0.1, -0.05) is 17.7 Å². The second kappa shape index (κ2) is 9.34. The highest BCUT2D eigenvalue weighted by atomic mass is 35.5. The summed E-state index contributed by atoms with van der Waals surface area (Å²) < 4.78 is 20.3. The van der Waals surface area contributed by atoms with Crippen LogP contribution in [0, 0.1) is 5.82 Å². The predicted molar refractivity (Wildman–Crippen MR) is 115 cm³/mol. The largest absolute Gasteiger partial charge is 0.497 e. The predicted octanol–water partition coefficient (Wildman–Crippen LogP) is 4.66. The van der Waals surface area contributed by atoms with Crippen molar-refractivity contribution in [1.29, 1.82) is 0 Å². The van der Waals surface area contributed by atoms with Gasteiger partial charge in [0.1, 0.15) is 11.6 Å². The Balaban J connectivity index is 1.58. The van der Waals surface area contributed by atoms with Crippen molar-refractivity contribution in [3.8, 4) is 5.75 Å².